The summed E-state index contributed by atoms with van der Waals surface area (Å²) in [6, 6.07) is 136. The van der Waals surface area contributed by atoms with Gasteiger partial charge >= 0.3 is 0 Å². The monoisotopic (exact) mass is 1460 g/mol. The van der Waals surface area contributed by atoms with Crippen LogP contribution in [0.4, 0.5) is 0 Å². The molecule has 6 heteroatoms. The van der Waals surface area contributed by atoms with E-state index in [-0.39, 0.29) is 35.5 Å². The van der Waals surface area contributed by atoms with Gasteiger partial charge < -0.3 is 0 Å². The molecule has 0 N–H and O–H groups in total. The van der Waals surface area contributed by atoms with Gasteiger partial charge in [-0.3, -0.25) is 19.9 Å². The van der Waals surface area contributed by atoms with E-state index in [1.807, 2.05) is 49.1 Å². The molecule has 0 bridgehead atoms. The summed E-state index contributed by atoms with van der Waals surface area (Å²) >= 11 is 0. The average Bonchev–Trinajstić information content (AvgIpc) is 0.761. The molecule has 0 radical (unpaired) electrons. The molecular formula is C108H84N6. The molecule has 546 valence electrons. The van der Waals surface area contributed by atoms with Crippen LogP contribution in [0.2, 0.25) is 0 Å². The maximum absolute atomic E-state index is 4.93. The molecule has 0 saturated heterocycles. The number of pyridine rings is 4. The third-order valence-corrected chi connectivity index (χ3v) is 24.1. The van der Waals surface area contributed by atoms with Crippen LogP contribution in [0, 0.1) is 0 Å². The number of benzene rings is 12. The molecule has 17 aromatic rings. The maximum Gasteiger partial charge on any atom is 0.116 e. The third-order valence-electron chi connectivity index (χ3n) is 24.1. The number of aromatic nitrogens is 6. The predicted molar refractivity (Wildman–Crippen MR) is 468 cm³/mol. The quantitative estimate of drug-likeness (QED) is 0.0852. The van der Waals surface area contributed by atoms with E-state index in [4.69, 9.17) is 9.97 Å². The Bertz CT molecular complexity index is 5510. The second-order valence-electron chi connectivity index (χ2n) is 30.7. The summed E-state index contributed by atoms with van der Waals surface area (Å²) in [5, 5.41) is 0. The van der Waals surface area contributed by atoms with Crippen LogP contribution in [0.5, 0.6) is 0 Å². The molecule has 114 heavy (non-hydrogen) atoms. The minimum Gasteiger partial charge on any atom is -0.256 e. The van der Waals surface area contributed by atoms with Crippen molar-refractivity contribution in [2.75, 3.05) is 0 Å². The number of hydrogen-bond donors (Lipinski definition) is 0. The van der Waals surface area contributed by atoms with Crippen molar-refractivity contribution < 1.29 is 0 Å². The maximum atomic E-state index is 4.93. The van der Waals surface area contributed by atoms with Gasteiger partial charge in [0.15, 0.2) is 0 Å². The third kappa shape index (κ3) is 14.9. The molecule has 2 aliphatic rings. The number of hydrogen-bond acceptors (Lipinski definition) is 6. The fourth-order valence-electron chi connectivity index (χ4n) is 18.6. The second kappa shape index (κ2) is 32.3. The van der Waals surface area contributed by atoms with E-state index >= 15 is 0 Å². The molecule has 0 aliphatic heterocycles. The lowest BCUT2D eigenvalue weighted by Crippen LogP contribution is -2.21. The molecule has 0 amide bonds. The molecule has 5 aromatic heterocycles. The molecule has 19 rings (SSSR count). The van der Waals surface area contributed by atoms with Gasteiger partial charge in [-0.1, -0.05) is 315 Å². The van der Waals surface area contributed by atoms with Crippen LogP contribution in [0.25, 0.3) is 134 Å². The molecule has 4 unspecified atom stereocenters. The zero-order valence-corrected chi connectivity index (χ0v) is 63.5. The standard InChI is InChI=1S/C108H84N6/c1-7-27-97(91(21-1)73-37-49-79(50-38-73)103-33-13-17-61-109-103)85-65-86(98-28-8-2-22-92(98)74-39-51-80(52-40-74)104-34-14-18-62-110-104)68-89(67-85)101-31-11-5-25-95(101)77-45-57-83(58-46-77)107-71-108(114-72-113-107)84-59-47-78(48-60-84)96-26-6-12-32-102(96)90-69-87(99-29-9-3-23-93(99)75-41-53-81(54-42-75)105-35-15-19-63-111-105)66-88(70-90)100-30-10-4-24-94(100)76-43-55-82(56-44-76)106-36-16-20-64-112-106/h1-64,71-72,85-90H,65-70H2. The van der Waals surface area contributed by atoms with Gasteiger partial charge in [-0.25, -0.2) is 9.97 Å². The Kier molecular flexibility index (Phi) is 20.0. The van der Waals surface area contributed by atoms with Gasteiger partial charge in [0.25, 0.3) is 0 Å². The van der Waals surface area contributed by atoms with E-state index in [0.717, 1.165) is 106 Å². The van der Waals surface area contributed by atoms with Crippen molar-refractivity contribution in [1.82, 2.24) is 29.9 Å². The highest BCUT2D eigenvalue weighted by molar-refractivity contribution is 5.80. The van der Waals surface area contributed by atoms with E-state index in [1.54, 1.807) is 6.33 Å². The molecule has 2 aliphatic carbocycles. The predicted octanol–water partition coefficient (Wildman–Crippen LogP) is 27.7. The fraction of sp³-hybridized carbons (Fsp3) is 0.111. The highest BCUT2D eigenvalue weighted by Crippen LogP contribution is 2.55. The van der Waals surface area contributed by atoms with Crippen molar-refractivity contribution in [2.45, 2.75) is 74.0 Å². The normalized spacial score (nSPS) is 16.7. The minimum absolute atomic E-state index is 0.268. The SMILES string of the molecule is c1ccc(-c2ccc(-c3ccccc3C3CC(c4ccccc4-c4ccc(-c5ccccn5)cc4)CC(c4ccccc4-c4ccc(-c5cc(-c6ccc(-c7ccccc7C7CC(c8ccccc8-c8ccc(-c9ccccn9)cc8)CC(c8ccccc8-c8ccc(-c9ccccn9)cc8)C7)cc6)ncn5)cc4)C3)cc2)nc1. The van der Waals surface area contributed by atoms with Gasteiger partial charge in [0.2, 0.25) is 0 Å². The van der Waals surface area contributed by atoms with Gasteiger partial charge in [0.1, 0.15) is 6.33 Å². The minimum atomic E-state index is 0.268. The van der Waals surface area contributed by atoms with E-state index < -0.39 is 0 Å². The Morgan fingerprint density at radius 1 is 0.149 bits per heavy atom. The Morgan fingerprint density at radius 3 is 0.500 bits per heavy atom. The topological polar surface area (TPSA) is 77.3 Å². The zero-order valence-electron chi connectivity index (χ0n) is 63.5. The lowest BCUT2D eigenvalue weighted by atomic mass is 9.66. The Balaban J connectivity index is 0.608. The smallest absolute Gasteiger partial charge is 0.116 e. The lowest BCUT2D eigenvalue weighted by Gasteiger charge is -2.38. The van der Waals surface area contributed by atoms with E-state index in [0.29, 0.717) is 0 Å². The molecule has 0 spiro atoms. The fourth-order valence-corrected chi connectivity index (χ4v) is 18.6. The summed E-state index contributed by atoms with van der Waals surface area (Å²) in [5.74, 6) is 1.67. The second-order valence-corrected chi connectivity index (χ2v) is 30.7. The van der Waals surface area contributed by atoms with Crippen molar-refractivity contribution >= 4 is 0 Å². The summed E-state index contributed by atoms with van der Waals surface area (Å²) < 4.78 is 0. The zero-order chi connectivity index (χ0) is 75.9. The number of nitrogens with zero attached hydrogens (tertiary/aromatic N) is 6. The van der Waals surface area contributed by atoms with Gasteiger partial charge in [0, 0.05) is 58.2 Å². The highest BCUT2D eigenvalue weighted by Gasteiger charge is 2.37. The van der Waals surface area contributed by atoms with Gasteiger partial charge in [0.05, 0.1) is 34.2 Å². The molecule has 12 aromatic carbocycles. The largest absolute Gasteiger partial charge is 0.256 e. The van der Waals surface area contributed by atoms with Crippen molar-refractivity contribution in [3.63, 3.8) is 0 Å². The van der Waals surface area contributed by atoms with Gasteiger partial charge in [-0.05, 0) is 229 Å². The number of rotatable bonds is 18. The first kappa shape index (κ1) is 70.7. The molecule has 2 fully saturated rings. The summed E-state index contributed by atoms with van der Waals surface area (Å²) in [6.45, 7) is 0. The lowest BCUT2D eigenvalue weighted by molar-refractivity contribution is 0.353. The summed E-state index contributed by atoms with van der Waals surface area (Å²) in [7, 11) is 0. The van der Waals surface area contributed by atoms with Gasteiger partial charge in [-0.15, -0.1) is 0 Å². The molecule has 4 atom stereocenters. The average molecular weight is 1470 g/mol. The first-order valence-electron chi connectivity index (χ1n) is 40.1. The highest BCUT2D eigenvalue weighted by atomic mass is 14.8. The first-order valence-corrected chi connectivity index (χ1v) is 40.1. The van der Waals surface area contributed by atoms with E-state index in [1.165, 1.54) is 100 Å². The van der Waals surface area contributed by atoms with Crippen LogP contribution in [-0.4, -0.2) is 29.9 Å². The molecule has 2 saturated carbocycles. The van der Waals surface area contributed by atoms with Crippen LogP contribution in [0.15, 0.2) is 401 Å². The van der Waals surface area contributed by atoms with Crippen molar-refractivity contribution in [3.8, 4) is 134 Å². The van der Waals surface area contributed by atoms with E-state index in [2.05, 4.69) is 366 Å². The van der Waals surface area contributed by atoms with Crippen LogP contribution in [0.1, 0.15) is 107 Å². The van der Waals surface area contributed by atoms with Crippen LogP contribution in [-0.2, 0) is 0 Å². The van der Waals surface area contributed by atoms with Crippen LogP contribution >= 0.6 is 0 Å². The van der Waals surface area contributed by atoms with Crippen LogP contribution in [0.3, 0.4) is 0 Å². The molecule has 6 nitrogen and oxygen atoms in total. The van der Waals surface area contributed by atoms with Crippen molar-refractivity contribution in [2.24, 2.45) is 0 Å². The van der Waals surface area contributed by atoms with Crippen molar-refractivity contribution in [3.05, 3.63) is 435 Å². The molecule has 5 heterocycles. The van der Waals surface area contributed by atoms with Crippen molar-refractivity contribution in [1.29, 1.82) is 0 Å². The Hall–Kier alpha value is -13.7. The summed E-state index contributed by atoms with van der Waals surface area (Å²) in [5.41, 5.74) is 35.6. The molecular weight excluding hydrogens is 1380 g/mol. The Morgan fingerprint density at radius 2 is 0.316 bits per heavy atom. The summed E-state index contributed by atoms with van der Waals surface area (Å²) in [4.78, 5) is 28.6. The summed E-state index contributed by atoms with van der Waals surface area (Å²) in [6.07, 6.45) is 15.3. The van der Waals surface area contributed by atoms with Gasteiger partial charge in [-0.2, -0.15) is 0 Å². The Labute approximate surface area is 668 Å². The van der Waals surface area contributed by atoms with E-state index in [9.17, 15) is 0 Å². The van der Waals surface area contributed by atoms with Crippen LogP contribution < -0.4 is 0 Å². The first-order chi connectivity index (χ1) is 56.5.